The molecule has 0 aromatic carbocycles. The van der Waals surface area contributed by atoms with Gasteiger partial charge in [-0.2, -0.15) is 0 Å². The summed E-state index contributed by atoms with van der Waals surface area (Å²) in [5, 5.41) is 0. The van der Waals surface area contributed by atoms with Crippen molar-refractivity contribution in [2.45, 2.75) is 186 Å². The number of allylic oxidation sites excluding steroid dienone is 4. The van der Waals surface area contributed by atoms with Gasteiger partial charge in [-0.1, -0.05) is 166 Å². The molecule has 0 fully saturated rings. The standard InChI is InChI=1S/C39H71O8P/c1-3-5-7-9-11-13-15-17-19-21-23-25-27-29-31-33-38(40)45-35-37(36-46-48(42,43)44)47-39(41)34-32-30-28-26-24-22-20-18-16-14-12-10-8-6-4-2/h4,27,29,31,33,37H,2-3,5-26,28,30,32,34-36H2,1H3,(H2,42,43,44)/b29-27+,33-31+/t37-/m1/s1. The Bertz CT molecular complexity index is 866. The summed E-state index contributed by atoms with van der Waals surface area (Å²) in [6.45, 7) is 5.09. The fraction of sp³-hybridized carbons (Fsp3) is 0.795. The van der Waals surface area contributed by atoms with Crippen LogP contribution in [0, 0.1) is 0 Å². The van der Waals surface area contributed by atoms with Crippen LogP contribution < -0.4 is 0 Å². The average Bonchev–Trinajstić information content (AvgIpc) is 3.05. The van der Waals surface area contributed by atoms with E-state index in [2.05, 4.69) is 18.0 Å². The lowest BCUT2D eigenvalue weighted by atomic mass is 10.0. The van der Waals surface area contributed by atoms with Crippen molar-refractivity contribution in [3.8, 4) is 0 Å². The number of phosphoric ester groups is 1. The van der Waals surface area contributed by atoms with Crippen LogP contribution in [-0.2, 0) is 28.2 Å². The maximum absolute atomic E-state index is 12.3. The monoisotopic (exact) mass is 698 g/mol. The van der Waals surface area contributed by atoms with E-state index in [1.165, 1.54) is 128 Å². The van der Waals surface area contributed by atoms with Gasteiger partial charge in [-0.15, -0.1) is 6.58 Å². The Morgan fingerprint density at radius 1 is 0.646 bits per heavy atom. The lowest BCUT2D eigenvalue weighted by molar-refractivity contribution is -0.159. The Kier molecular flexibility index (Phi) is 33.8. The summed E-state index contributed by atoms with van der Waals surface area (Å²) in [7, 11) is -4.77. The largest absolute Gasteiger partial charge is 0.469 e. The Hall–Kier alpha value is -1.73. The molecule has 8 nitrogen and oxygen atoms in total. The molecule has 0 heterocycles. The molecule has 2 N–H and O–H groups in total. The molecule has 0 saturated heterocycles. The van der Waals surface area contributed by atoms with Crippen molar-refractivity contribution < 1.29 is 37.9 Å². The number of unbranched alkanes of at least 4 members (excludes halogenated alkanes) is 24. The van der Waals surface area contributed by atoms with Crippen LogP contribution in [0.15, 0.2) is 37.0 Å². The van der Waals surface area contributed by atoms with Gasteiger partial charge >= 0.3 is 19.8 Å². The minimum Gasteiger partial charge on any atom is -0.458 e. The van der Waals surface area contributed by atoms with Crippen molar-refractivity contribution in [2.24, 2.45) is 0 Å². The highest BCUT2D eigenvalue weighted by molar-refractivity contribution is 7.46. The number of hydrogen-bond donors (Lipinski definition) is 2. The molecule has 0 saturated carbocycles. The highest BCUT2D eigenvalue weighted by atomic mass is 31.2. The fourth-order valence-corrected chi connectivity index (χ4v) is 5.86. The lowest BCUT2D eigenvalue weighted by Crippen LogP contribution is -2.29. The van der Waals surface area contributed by atoms with E-state index in [4.69, 9.17) is 19.3 Å². The summed E-state index contributed by atoms with van der Waals surface area (Å²) in [6, 6.07) is 0. The van der Waals surface area contributed by atoms with Gasteiger partial charge in [0, 0.05) is 12.5 Å². The van der Waals surface area contributed by atoms with Crippen LogP contribution in [0.25, 0.3) is 0 Å². The van der Waals surface area contributed by atoms with E-state index < -0.39 is 32.5 Å². The quantitative estimate of drug-likeness (QED) is 0.0166. The fourth-order valence-electron chi connectivity index (χ4n) is 5.50. The van der Waals surface area contributed by atoms with E-state index in [1.807, 2.05) is 12.2 Å². The molecular weight excluding hydrogens is 627 g/mol. The number of esters is 2. The minimum atomic E-state index is -4.77. The van der Waals surface area contributed by atoms with E-state index in [-0.39, 0.29) is 13.0 Å². The zero-order valence-electron chi connectivity index (χ0n) is 30.5. The summed E-state index contributed by atoms with van der Waals surface area (Å²) >= 11 is 0. The minimum absolute atomic E-state index is 0.191. The molecule has 0 aliphatic heterocycles. The molecule has 0 aliphatic rings. The topological polar surface area (TPSA) is 119 Å². The van der Waals surface area contributed by atoms with Crippen LogP contribution >= 0.6 is 7.82 Å². The third-order valence-corrected chi connectivity index (χ3v) is 8.87. The number of carbonyl (C=O) groups is 2. The number of hydrogen-bond acceptors (Lipinski definition) is 6. The number of carbonyl (C=O) groups excluding carboxylic acids is 2. The van der Waals surface area contributed by atoms with E-state index in [1.54, 1.807) is 12.2 Å². The first-order chi connectivity index (χ1) is 23.3. The summed E-state index contributed by atoms with van der Waals surface area (Å²) in [6.07, 6.45) is 39.6. The molecule has 0 aromatic heterocycles. The van der Waals surface area contributed by atoms with Gasteiger partial charge in [-0.3, -0.25) is 9.32 Å². The molecule has 0 amide bonds. The maximum Gasteiger partial charge on any atom is 0.469 e. The first-order valence-corrected chi connectivity index (χ1v) is 20.8. The molecule has 0 radical (unpaired) electrons. The van der Waals surface area contributed by atoms with Crippen LogP contribution in [-0.4, -0.2) is 41.0 Å². The van der Waals surface area contributed by atoms with E-state index in [9.17, 15) is 14.2 Å². The summed E-state index contributed by atoms with van der Waals surface area (Å²) in [5.41, 5.74) is 0. The van der Waals surface area contributed by atoms with Crippen molar-refractivity contribution >= 4 is 19.8 Å². The SMILES string of the molecule is C=CCCCCCCCCCCCCCCCC(=O)O[C@H](COC(=O)/C=C/C=C/CCCCCCCCCCCCC)COP(=O)(O)O. The Morgan fingerprint density at radius 2 is 1.10 bits per heavy atom. The van der Waals surface area contributed by atoms with E-state index in [0.29, 0.717) is 6.42 Å². The third kappa shape index (κ3) is 37.1. The molecule has 1 atom stereocenters. The molecule has 0 rings (SSSR count). The Labute approximate surface area is 293 Å². The third-order valence-electron chi connectivity index (χ3n) is 8.38. The molecule has 9 heteroatoms. The molecular formula is C39H71O8P. The summed E-state index contributed by atoms with van der Waals surface area (Å²) in [4.78, 5) is 42.6. The van der Waals surface area contributed by atoms with Gasteiger partial charge in [0.05, 0.1) is 6.61 Å². The smallest absolute Gasteiger partial charge is 0.458 e. The predicted molar refractivity (Wildman–Crippen MR) is 198 cm³/mol. The summed E-state index contributed by atoms with van der Waals surface area (Å²) in [5.74, 6) is -1.14. The van der Waals surface area contributed by atoms with Crippen LogP contribution in [0.1, 0.15) is 180 Å². The number of phosphoric acid groups is 1. The molecule has 0 unspecified atom stereocenters. The highest BCUT2D eigenvalue weighted by Crippen LogP contribution is 2.36. The number of ether oxygens (including phenoxy) is 2. The van der Waals surface area contributed by atoms with Crippen molar-refractivity contribution in [1.82, 2.24) is 0 Å². The van der Waals surface area contributed by atoms with Gasteiger partial charge in [0.25, 0.3) is 0 Å². The Morgan fingerprint density at radius 3 is 1.58 bits per heavy atom. The molecule has 0 aliphatic carbocycles. The second-order valence-electron chi connectivity index (χ2n) is 13.1. The molecule has 48 heavy (non-hydrogen) atoms. The van der Waals surface area contributed by atoms with Gasteiger partial charge < -0.3 is 19.3 Å². The van der Waals surface area contributed by atoms with E-state index >= 15 is 0 Å². The van der Waals surface area contributed by atoms with E-state index in [0.717, 1.165) is 38.5 Å². The zero-order valence-corrected chi connectivity index (χ0v) is 31.4. The molecule has 0 spiro atoms. The van der Waals surface area contributed by atoms with Crippen LogP contribution in [0.3, 0.4) is 0 Å². The van der Waals surface area contributed by atoms with Crippen LogP contribution in [0.5, 0.6) is 0 Å². The first-order valence-electron chi connectivity index (χ1n) is 19.3. The van der Waals surface area contributed by atoms with Crippen molar-refractivity contribution in [3.63, 3.8) is 0 Å². The second-order valence-corrected chi connectivity index (χ2v) is 14.3. The second kappa shape index (κ2) is 35.1. The molecule has 0 aromatic rings. The van der Waals surface area contributed by atoms with Crippen molar-refractivity contribution in [3.05, 3.63) is 37.0 Å². The predicted octanol–water partition coefficient (Wildman–Crippen LogP) is 11.4. The van der Waals surface area contributed by atoms with Crippen LogP contribution in [0.4, 0.5) is 0 Å². The van der Waals surface area contributed by atoms with Gasteiger partial charge in [-0.05, 0) is 32.1 Å². The lowest BCUT2D eigenvalue weighted by Gasteiger charge is -2.18. The van der Waals surface area contributed by atoms with Crippen molar-refractivity contribution in [1.29, 1.82) is 0 Å². The first kappa shape index (κ1) is 46.3. The van der Waals surface area contributed by atoms with Crippen LogP contribution in [0.2, 0.25) is 0 Å². The number of rotatable bonds is 36. The van der Waals surface area contributed by atoms with Gasteiger partial charge in [0.1, 0.15) is 6.61 Å². The summed E-state index contributed by atoms with van der Waals surface area (Å²) < 4.78 is 26.1. The highest BCUT2D eigenvalue weighted by Gasteiger charge is 2.22. The van der Waals surface area contributed by atoms with Gasteiger partial charge in [0.15, 0.2) is 6.10 Å². The Balaban J connectivity index is 4.03. The maximum atomic E-state index is 12.3. The average molecular weight is 699 g/mol. The van der Waals surface area contributed by atoms with Gasteiger partial charge in [0.2, 0.25) is 0 Å². The van der Waals surface area contributed by atoms with Gasteiger partial charge in [-0.25, -0.2) is 9.36 Å². The van der Waals surface area contributed by atoms with Crippen molar-refractivity contribution in [2.75, 3.05) is 13.2 Å². The molecule has 280 valence electrons. The zero-order chi connectivity index (χ0) is 35.4. The normalized spacial score (nSPS) is 12.6. The molecule has 0 bridgehead atoms.